The van der Waals surface area contributed by atoms with Crippen molar-refractivity contribution < 1.29 is 19.3 Å². The second-order valence-corrected chi connectivity index (χ2v) is 8.51. The number of hydroxylamine groups is 1. The lowest BCUT2D eigenvalue weighted by Crippen LogP contribution is -2.37. The van der Waals surface area contributed by atoms with Crippen LogP contribution in [0.3, 0.4) is 0 Å². The van der Waals surface area contributed by atoms with E-state index in [-0.39, 0.29) is 11.4 Å². The zero-order chi connectivity index (χ0) is 24.1. The molecule has 8 heteroatoms. The molecule has 172 valence electrons. The molecule has 0 unspecified atom stereocenters. The molecule has 6 rings (SSSR count). The molecule has 0 radical (unpaired) electrons. The predicted octanol–water partition coefficient (Wildman–Crippen LogP) is 4.80. The number of fused-ring (bicyclic) bond motifs is 2. The number of nitro groups is 1. The van der Waals surface area contributed by atoms with Crippen molar-refractivity contribution in [2.75, 3.05) is 9.96 Å². The van der Waals surface area contributed by atoms with Gasteiger partial charge in [0.25, 0.3) is 11.6 Å². The smallest absolute Gasteiger partial charge is 0.269 e. The molecule has 0 aliphatic carbocycles. The van der Waals surface area contributed by atoms with Crippen LogP contribution < -0.4 is 9.96 Å². The summed E-state index contributed by atoms with van der Waals surface area (Å²) in [5, 5.41) is 14.7. The van der Waals surface area contributed by atoms with E-state index in [2.05, 4.69) is 0 Å². The van der Waals surface area contributed by atoms with E-state index in [1.54, 1.807) is 5.06 Å². The number of non-ortho nitro benzene ring substituents is 1. The van der Waals surface area contributed by atoms with Crippen molar-refractivity contribution in [1.82, 2.24) is 0 Å². The fourth-order valence-corrected chi connectivity index (χ4v) is 5.02. The number of carbonyl (C=O) groups excluding carboxylic acids is 2. The Hall–Kier alpha value is -4.56. The average Bonchev–Trinajstić information content (AvgIpc) is 3.40. The first kappa shape index (κ1) is 21.0. The maximum Gasteiger partial charge on any atom is 0.269 e. The van der Waals surface area contributed by atoms with E-state index >= 15 is 0 Å². The van der Waals surface area contributed by atoms with Gasteiger partial charge in [0.2, 0.25) is 5.91 Å². The highest BCUT2D eigenvalue weighted by molar-refractivity contribution is 6.24. The summed E-state index contributed by atoms with van der Waals surface area (Å²) in [5.41, 5.74) is 1.79. The van der Waals surface area contributed by atoms with Crippen molar-refractivity contribution >= 4 is 39.6 Å². The molecule has 2 fully saturated rings. The lowest BCUT2D eigenvalue weighted by Gasteiger charge is -2.29. The van der Waals surface area contributed by atoms with Gasteiger partial charge in [0.15, 0.2) is 6.10 Å². The first-order chi connectivity index (χ1) is 17.0. The van der Waals surface area contributed by atoms with Gasteiger partial charge in [-0.2, -0.15) is 0 Å². The summed E-state index contributed by atoms with van der Waals surface area (Å²) in [5.74, 6) is -1.67. The van der Waals surface area contributed by atoms with Crippen molar-refractivity contribution in [3.8, 4) is 0 Å². The second kappa shape index (κ2) is 8.03. The van der Waals surface area contributed by atoms with Crippen molar-refractivity contribution in [3.05, 3.63) is 113 Å². The van der Waals surface area contributed by atoms with Gasteiger partial charge in [0, 0.05) is 12.1 Å². The van der Waals surface area contributed by atoms with Crippen molar-refractivity contribution in [2.24, 2.45) is 5.92 Å². The number of hydrogen-bond acceptors (Lipinski definition) is 6. The minimum absolute atomic E-state index is 0.117. The summed E-state index contributed by atoms with van der Waals surface area (Å²) < 4.78 is 0. The Bertz CT molecular complexity index is 1470. The number of imide groups is 1. The van der Waals surface area contributed by atoms with Crippen LogP contribution in [-0.2, 0) is 14.4 Å². The Morgan fingerprint density at radius 2 is 1.43 bits per heavy atom. The molecule has 2 aliphatic heterocycles. The van der Waals surface area contributed by atoms with Crippen LogP contribution >= 0.6 is 0 Å². The van der Waals surface area contributed by atoms with Crippen LogP contribution in [0, 0.1) is 16.0 Å². The van der Waals surface area contributed by atoms with Gasteiger partial charge in [-0.05, 0) is 40.6 Å². The van der Waals surface area contributed by atoms with Gasteiger partial charge in [0.1, 0.15) is 5.92 Å². The molecule has 0 spiro atoms. The van der Waals surface area contributed by atoms with Gasteiger partial charge in [-0.3, -0.25) is 24.5 Å². The Morgan fingerprint density at radius 3 is 2.17 bits per heavy atom. The monoisotopic (exact) mass is 465 g/mol. The fourth-order valence-electron chi connectivity index (χ4n) is 5.02. The van der Waals surface area contributed by atoms with Crippen LogP contribution in [0.25, 0.3) is 10.8 Å². The van der Waals surface area contributed by atoms with Crippen LogP contribution in [0.15, 0.2) is 97.1 Å². The second-order valence-electron chi connectivity index (χ2n) is 8.51. The molecule has 35 heavy (non-hydrogen) atoms. The van der Waals surface area contributed by atoms with E-state index in [4.69, 9.17) is 4.84 Å². The van der Waals surface area contributed by atoms with Gasteiger partial charge in [-0.15, -0.1) is 0 Å². The van der Waals surface area contributed by atoms with E-state index in [9.17, 15) is 19.7 Å². The molecule has 2 saturated heterocycles. The molecule has 4 aromatic rings. The maximum absolute atomic E-state index is 13.8. The standard InChI is InChI=1S/C27H19N3O5/c31-26-23-24(22-12-6-8-17-7-4-5-11-21(17)22)29(19-9-2-1-3-10-19)35-25(23)27(32)28(26)18-13-15-20(16-14-18)30(33)34/h1-16,23-25H/t23-,24+,25-/m1/s1. The summed E-state index contributed by atoms with van der Waals surface area (Å²) in [6.45, 7) is 0. The Labute approximate surface area is 200 Å². The normalized spacial score (nSPS) is 21.5. The summed E-state index contributed by atoms with van der Waals surface area (Å²) in [6, 6.07) is 28.0. The predicted molar refractivity (Wildman–Crippen MR) is 130 cm³/mol. The minimum atomic E-state index is -1.01. The molecule has 2 heterocycles. The zero-order valence-electron chi connectivity index (χ0n) is 18.4. The third-order valence-corrected chi connectivity index (χ3v) is 6.59. The highest BCUT2D eigenvalue weighted by atomic mass is 16.7. The summed E-state index contributed by atoms with van der Waals surface area (Å²) in [6.07, 6.45) is -1.01. The lowest BCUT2D eigenvalue weighted by molar-refractivity contribution is -0.384. The van der Waals surface area contributed by atoms with E-state index in [1.807, 2.05) is 72.8 Å². The third kappa shape index (κ3) is 3.26. The SMILES string of the molecule is O=C1[C@H]2[C@@H](ON(c3ccccc3)[C@H]2c2cccc3ccccc23)C(=O)N1c1ccc([N+](=O)[O-])cc1. The Morgan fingerprint density at radius 1 is 0.743 bits per heavy atom. The molecular weight excluding hydrogens is 446 g/mol. The van der Waals surface area contributed by atoms with Gasteiger partial charge in [-0.25, -0.2) is 9.96 Å². The largest absolute Gasteiger partial charge is 0.273 e. The van der Waals surface area contributed by atoms with Crippen LogP contribution in [0.1, 0.15) is 11.6 Å². The summed E-state index contributed by atoms with van der Waals surface area (Å²) >= 11 is 0. The van der Waals surface area contributed by atoms with Gasteiger partial charge in [0.05, 0.1) is 22.3 Å². The molecule has 4 aromatic carbocycles. The van der Waals surface area contributed by atoms with E-state index < -0.39 is 34.8 Å². The number of hydrogen-bond donors (Lipinski definition) is 0. The van der Waals surface area contributed by atoms with Gasteiger partial charge >= 0.3 is 0 Å². The van der Waals surface area contributed by atoms with Crippen LogP contribution in [-0.4, -0.2) is 22.8 Å². The number of para-hydroxylation sites is 1. The molecule has 0 bridgehead atoms. The topological polar surface area (TPSA) is 93.0 Å². The van der Waals surface area contributed by atoms with Crippen LogP contribution in [0.5, 0.6) is 0 Å². The van der Waals surface area contributed by atoms with Crippen LogP contribution in [0.2, 0.25) is 0 Å². The molecular formula is C27H19N3O5. The first-order valence-electron chi connectivity index (χ1n) is 11.2. The molecule has 0 aromatic heterocycles. The quantitative estimate of drug-likeness (QED) is 0.244. The number of anilines is 2. The number of benzene rings is 4. The summed E-state index contributed by atoms with van der Waals surface area (Å²) in [7, 11) is 0. The number of carbonyl (C=O) groups is 2. The Balaban J connectivity index is 1.47. The van der Waals surface area contributed by atoms with Gasteiger partial charge < -0.3 is 0 Å². The summed E-state index contributed by atoms with van der Waals surface area (Å²) in [4.78, 5) is 45.0. The maximum atomic E-state index is 13.8. The third-order valence-electron chi connectivity index (χ3n) is 6.59. The molecule has 8 nitrogen and oxygen atoms in total. The molecule has 2 amide bonds. The number of nitro benzene ring substituents is 1. The highest BCUT2D eigenvalue weighted by Crippen LogP contribution is 2.48. The van der Waals surface area contributed by atoms with Gasteiger partial charge in [-0.1, -0.05) is 60.7 Å². The lowest BCUT2D eigenvalue weighted by atomic mass is 9.87. The molecule has 3 atom stereocenters. The van der Waals surface area contributed by atoms with Crippen molar-refractivity contribution in [3.63, 3.8) is 0 Å². The number of amides is 2. The van der Waals surface area contributed by atoms with E-state index in [0.717, 1.165) is 26.9 Å². The van der Waals surface area contributed by atoms with Crippen molar-refractivity contribution in [2.45, 2.75) is 12.1 Å². The number of rotatable bonds is 4. The highest BCUT2D eigenvalue weighted by Gasteiger charge is 2.60. The van der Waals surface area contributed by atoms with Crippen LogP contribution in [0.4, 0.5) is 17.1 Å². The zero-order valence-corrected chi connectivity index (χ0v) is 18.4. The molecule has 0 N–H and O–H groups in total. The van der Waals surface area contributed by atoms with E-state index in [0.29, 0.717) is 0 Å². The average molecular weight is 465 g/mol. The van der Waals surface area contributed by atoms with E-state index in [1.165, 1.54) is 24.3 Å². The molecule has 0 saturated carbocycles. The minimum Gasteiger partial charge on any atom is -0.273 e. The van der Waals surface area contributed by atoms with Crippen molar-refractivity contribution in [1.29, 1.82) is 0 Å². The first-order valence-corrected chi connectivity index (χ1v) is 11.2. The number of nitrogens with zero attached hydrogens (tertiary/aromatic N) is 3. The molecule has 2 aliphatic rings. The Kier molecular flexibility index (Phi) is 4.82. The fraction of sp³-hybridized carbons (Fsp3) is 0.111.